The summed E-state index contributed by atoms with van der Waals surface area (Å²) in [4.78, 5) is 0. The van der Waals surface area contributed by atoms with Crippen LogP contribution in [0, 0.1) is 0 Å². The predicted molar refractivity (Wildman–Crippen MR) is 81.0 cm³/mol. The molecule has 0 radical (unpaired) electrons. The average Bonchev–Trinajstić information content (AvgIpc) is 2.33. The van der Waals surface area contributed by atoms with Gasteiger partial charge in [-0.2, -0.15) is 13.2 Å². The highest BCUT2D eigenvalue weighted by Crippen LogP contribution is 2.35. The Morgan fingerprint density at radius 3 is 2.15 bits per heavy atom. The van der Waals surface area contributed by atoms with Gasteiger partial charge < -0.3 is 11.1 Å². The molecule has 0 spiro atoms. The van der Waals surface area contributed by atoms with E-state index in [1.165, 1.54) is 6.07 Å². The molecule has 2 nitrogen and oxygen atoms in total. The van der Waals surface area contributed by atoms with E-state index >= 15 is 0 Å². The highest BCUT2D eigenvalue weighted by atomic mass is 79.9. The minimum atomic E-state index is -4.40. The van der Waals surface area contributed by atoms with Crippen molar-refractivity contribution >= 4 is 48.9 Å². The number of nitrogens with one attached hydrogen (secondary N) is 1. The summed E-state index contributed by atoms with van der Waals surface area (Å²) in [5.74, 6) is 0. The highest BCUT2D eigenvalue weighted by molar-refractivity contribution is 9.11. The maximum Gasteiger partial charge on any atom is 0.416 e. The number of alkyl halides is 3. The standard InChI is InChI=1S/C13H9Br2F3N2/c14-8-2-4-11(9(15)6-8)20-12-3-1-7(5-10(12)19)13(16,17)18/h1-6,20H,19H2. The van der Waals surface area contributed by atoms with Gasteiger partial charge in [0.15, 0.2) is 0 Å². The highest BCUT2D eigenvalue weighted by Gasteiger charge is 2.30. The monoisotopic (exact) mass is 408 g/mol. The Morgan fingerprint density at radius 2 is 1.60 bits per heavy atom. The van der Waals surface area contributed by atoms with Crippen LogP contribution >= 0.6 is 31.9 Å². The Balaban J connectivity index is 2.30. The van der Waals surface area contributed by atoms with E-state index in [0.717, 1.165) is 21.1 Å². The van der Waals surface area contributed by atoms with E-state index in [1.807, 2.05) is 12.1 Å². The van der Waals surface area contributed by atoms with Gasteiger partial charge in [0.1, 0.15) is 0 Å². The summed E-state index contributed by atoms with van der Waals surface area (Å²) in [5, 5.41) is 2.99. The number of nitrogens with two attached hydrogens (primary N) is 1. The van der Waals surface area contributed by atoms with Crippen molar-refractivity contribution in [3.8, 4) is 0 Å². The van der Waals surface area contributed by atoms with E-state index in [4.69, 9.17) is 5.73 Å². The van der Waals surface area contributed by atoms with Crippen LogP contribution in [0.2, 0.25) is 0 Å². The van der Waals surface area contributed by atoms with Crippen LogP contribution in [-0.2, 0) is 6.18 Å². The molecule has 0 heterocycles. The quantitative estimate of drug-likeness (QED) is 0.637. The molecular formula is C13H9Br2F3N2. The minimum Gasteiger partial charge on any atom is -0.397 e. The molecule has 0 aliphatic heterocycles. The lowest BCUT2D eigenvalue weighted by atomic mass is 10.1. The van der Waals surface area contributed by atoms with Gasteiger partial charge in [-0.1, -0.05) is 15.9 Å². The van der Waals surface area contributed by atoms with Crippen molar-refractivity contribution in [3.05, 3.63) is 50.9 Å². The molecule has 0 aliphatic carbocycles. The van der Waals surface area contributed by atoms with Crippen LogP contribution in [0.25, 0.3) is 0 Å². The van der Waals surface area contributed by atoms with Crippen LogP contribution in [0.3, 0.4) is 0 Å². The van der Waals surface area contributed by atoms with Gasteiger partial charge in [-0.25, -0.2) is 0 Å². The number of hydrogen-bond donors (Lipinski definition) is 2. The predicted octanol–water partition coefficient (Wildman–Crippen LogP) is 5.56. The molecule has 0 aliphatic rings. The Hall–Kier alpha value is -1.21. The Kier molecular flexibility index (Phi) is 4.29. The van der Waals surface area contributed by atoms with E-state index in [0.29, 0.717) is 11.4 Å². The van der Waals surface area contributed by atoms with Crippen molar-refractivity contribution in [2.24, 2.45) is 0 Å². The number of hydrogen-bond acceptors (Lipinski definition) is 2. The van der Waals surface area contributed by atoms with Crippen molar-refractivity contribution in [1.29, 1.82) is 0 Å². The molecule has 0 bridgehead atoms. The molecule has 106 valence electrons. The maximum absolute atomic E-state index is 12.5. The van der Waals surface area contributed by atoms with Gasteiger partial charge in [-0.15, -0.1) is 0 Å². The normalized spacial score (nSPS) is 11.4. The van der Waals surface area contributed by atoms with Gasteiger partial charge in [0, 0.05) is 8.95 Å². The summed E-state index contributed by atoms with van der Waals surface area (Å²) in [6.07, 6.45) is -4.40. The molecule has 0 aromatic heterocycles. The first kappa shape index (κ1) is 15.2. The van der Waals surface area contributed by atoms with Crippen LogP contribution in [0.15, 0.2) is 45.3 Å². The summed E-state index contributed by atoms with van der Waals surface area (Å²) >= 11 is 6.68. The third-order valence-corrected chi connectivity index (χ3v) is 3.73. The fourth-order valence-electron chi connectivity index (χ4n) is 1.59. The first-order valence-corrected chi connectivity index (χ1v) is 7.05. The molecule has 3 N–H and O–H groups in total. The zero-order valence-corrected chi connectivity index (χ0v) is 13.1. The number of anilines is 3. The molecule has 0 saturated carbocycles. The second-order valence-electron chi connectivity index (χ2n) is 4.05. The molecule has 0 saturated heterocycles. The number of rotatable bonds is 2. The lowest BCUT2D eigenvalue weighted by Crippen LogP contribution is -2.06. The van der Waals surface area contributed by atoms with Gasteiger partial charge in [-0.05, 0) is 52.3 Å². The summed E-state index contributed by atoms with van der Waals surface area (Å²) in [7, 11) is 0. The van der Waals surface area contributed by atoms with Crippen molar-refractivity contribution in [2.75, 3.05) is 11.1 Å². The first-order valence-electron chi connectivity index (χ1n) is 5.46. The Morgan fingerprint density at radius 1 is 0.950 bits per heavy atom. The maximum atomic E-state index is 12.5. The third-order valence-electron chi connectivity index (χ3n) is 2.58. The zero-order valence-electron chi connectivity index (χ0n) is 9.93. The number of halogens is 5. The van der Waals surface area contributed by atoms with Crippen LogP contribution in [0.1, 0.15) is 5.56 Å². The van der Waals surface area contributed by atoms with Crippen molar-refractivity contribution in [2.45, 2.75) is 6.18 Å². The topological polar surface area (TPSA) is 38.0 Å². The van der Waals surface area contributed by atoms with Crippen LogP contribution < -0.4 is 11.1 Å². The summed E-state index contributed by atoms with van der Waals surface area (Å²) < 4.78 is 39.3. The second kappa shape index (κ2) is 5.65. The van der Waals surface area contributed by atoms with E-state index in [-0.39, 0.29) is 5.69 Å². The third kappa shape index (κ3) is 3.46. The molecule has 2 aromatic carbocycles. The molecule has 0 amide bonds. The van der Waals surface area contributed by atoms with Crippen molar-refractivity contribution in [3.63, 3.8) is 0 Å². The molecule has 0 fully saturated rings. The fraction of sp³-hybridized carbons (Fsp3) is 0.0769. The summed E-state index contributed by atoms with van der Waals surface area (Å²) in [5.41, 5.74) is 6.05. The molecule has 20 heavy (non-hydrogen) atoms. The van der Waals surface area contributed by atoms with Crippen LogP contribution in [-0.4, -0.2) is 0 Å². The van der Waals surface area contributed by atoms with Gasteiger partial charge in [-0.3, -0.25) is 0 Å². The van der Waals surface area contributed by atoms with Gasteiger partial charge in [0.05, 0.1) is 22.6 Å². The minimum absolute atomic E-state index is 0.0367. The van der Waals surface area contributed by atoms with E-state index in [1.54, 1.807) is 6.07 Å². The Bertz CT molecular complexity index is 642. The average molecular weight is 410 g/mol. The van der Waals surface area contributed by atoms with Crippen LogP contribution in [0.5, 0.6) is 0 Å². The molecule has 0 atom stereocenters. The molecule has 2 rings (SSSR count). The smallest absolute Gasteiger partial charge is 0.397 e. The van der Waals surface area contributed by atoms with E-state index in [2.05, 4.69) is 37.2 Å². The lowest BCUT2D eigenvalue weighted by Gasteiger charge is -2.13. The largest absolute Gasteiger partial charge is 0.416 e. The van der Waals surface area contributed by atoms with Crippen molar-refractivity contribution in [1.82, 2.24) is 0 Å². The lowest BCUT2D eigenvalue weighted by molar-refractivity contribution is -0.137. The number of benzene rings is 2. The van der Waals surface area contributed by atoms with E-state index < -0.39 is 11.7 Å². The van der Waals surface area contributed by atoms with Crippen molar-refractivity contribution < 1.29 is 13.2 Å². The van der Waals surface area contributed by atoms with Crippen LogP contribution in [0.4, 0.5) is 30.2 Å². The number of nitrogen functional groups attached to an aromatic ring is 1. The van der Waals surface area contributed by atoms with Gasteiger partial charge >= 0.3 is 6.18 Å². The molecule has 7 heteroatoms. The zero-order chi connectivity index (χ0) is 14.9. The van der Waals surface area contributed by atoms with E-state index in [9.17, 15) is 13.2 Å². The summed E-state index contributed by atoms with van der Waals surface area (Å²) in [6, 6.07) is 8.63. The van der Waals surface area contributed by atoms with Gasteiger partial charge in [0.25, 0.3) is 0 Å². The molecule has 2 aromatic rings. The second-order valence-corrected chi connectivity index (χ2v) is 5.82. The fourth-order valence-corrected chi connectivity index (χ4v) is 2.74. The Labute approximate surface area is 130 Å². The molecular weight excluding hydrogens is 401 g/mol. The summed E-state index contributed by atoms with van der Waals surface area (Å²) in [6.45, 7) is 0. The SMILES string of the molecule is Nc1cc(C(F)(F)F)ccc1Nc1ccc(Br)cc1Br. The molecule has 0 unspecified atom stereocenters. The van der Waals surface area contributed by atoms with Gasteiger partial charge in [0.2, 0.25) is 0 Å². The first-order chi connectivity index (χ1) is 9.27.